The van der Waals surface area contributed by atoms with Gasteiger partial charge in [0.25, 0.3) is 0 Å². The van der Waals surface area contributed by atoms with Gasteiger partial charge in [0.15, 0.2) is 5.82 Å². The second kappa shape index (κ2) is 4.52. The van der Waals surface area contributed by atoms with Crippen LogP contribution in [0.1, 0.15) is 12.0 Å². The lowest BCUT2D eigenvalue weighted by molar-refractivity contribution is 0.830. The quantitative estimate of drug-likeness (QED) is 0.748. The lowest BCUT2D eigenvalue weighted by Crippen LogP contribution is -2.11. The number of rotatable bonds is 2. The van der Waals surface area contributed by atoms with Gasteiger partial charge < -0.3 is 10.6 Å². The number of aromatic nitrogens is 3. The minimum atomic E-state index is 0.828. The molecule has 0 fully saturated rings. The number of fused-ring (bicyclic) bond motifs is 2. The Balaban J connectivity index is 1.70. The van der Waals surface area contributed by atoms with E-state index in [0.717, 1.165) is 30.0 Å². The van der Waals surface area contributed by atoms with Crippen LogP contribution in [-0.2, 0) is 6.42 Å². The molecule has 1 aliphatic heterocycles. The predicted molar refractivity (Wildman–Crippen MR) is 79.5 cm³/mol. The van der Waals surface area contributed by atoms with Crippen molar-refractivity contribution >= 4 is 22.7 Å². The molecule has 0 amide bonds. The van der Waals surface area contributed by atoms with Crippen LogP contribution in [-0.4, -0.2) is 21.1 Å². The number of nitrogens with zero attached hydrogens (tertiary/aromatic N) is 3. The zero-order valence-corrected chi connectivity index (χ0v) is 11.0. The number of hydrogen-bond acceptors (Lipinski definition) is 4. The summed E-state index contributed by atoms with van der Waals surface area (Å²) in [5, 5.41) is 11.0. The van der Waals surface area contributed by atoms with E-state index in [2.05, 4.69) is 38.9 Å². The predicted octanol–water partition coefficient (Wildman–Crippen LogP) is 2.83. The first kappa shape index (κ1) is 11.3. The van der Waals surface area contributed by atoms with E-state index in [-0.39, 0.29) is 0 Å². The van der Waals surface area contributed by atoms with Crippen molar-refractivity contribution in [2.45, 2.75) is 12.8 Å². The Morgan fingerprint density at radius 1 is 1.20 bits per heavy atom. The maximum absolute atomic E-state index is 4.40. The average molecular weight is 265 g/mol. The van der Waals surface area contributed by atoms with Crippen molar-refractivity contribution in [1.29, 1.82) is 0 Å². The zero-order chi connectivity index (χ0) is 13.4. The summed E-state index contributed by atoms with van der Waals surface area (Å²) in [6.07, 6.45) is 7.69. The second-order valence-electron chi connectivity index (χ2n) is 4.96. The maximum Gasteiger partial charge on any atom is 0.156 e. The molecule has 1 aromatic carbocycles. The molecule has 0 saturated carbocycles. The molecule has 1 aliphatic rings. The lowest BCUT2D eigenvalue weighted by Gasteiger charge is -2.19. The van der Waals surface area contributed by atoms with E-state index >= 15 is 0 Å². The van der Waals surface area contributed by atoms with Crippen molar-refractivity contribution in [2.75, 3.05) is 17.2 Å². The van der Waals surface area contributed by atoms with Crippen LogP contribution >= 0.6 is 0 Å². The van der Waals surface area contributed by atoms with Crippen LogP contribution in [0.15, 0.2) is 42.9 Å². The van der Waals surface area contributed by atoms with Gasteiger partial charge in [-0.05, 0) is 42.7 Å². The van der Waals surface area contributed by atoms with Crippen molar-refractivity contribution in [2.24, 2.45) is 0 Å². The summed E-state index contributed by atoms with van der Waals surface area (Å²) in [6.45, 7) is 1.07. The van der Waals surface area contributed by atoms with Gasteiger partial charge in [-0.3, -0.25) is 0 Å². The third-order valence-corrected chi connectivity index (χ3v) is 3.63. The van der Waals surface area contributed by atoms with Gasteiger partial charge in [-0.1, -0.05) is 0 Å². The summed E-state index contributed by atoms with van der Waals surface area (Å²) in [4.78, 5) is 4.40. The van der Waals surface area contributed by atoms with E-state index in [9.17, 15) is 0 Å². The maximum atomic E-state index is 4.40. The molecule has 3 aromatic rings. The Hall–Kier alpha value is -2.56. The highest BCUT2D eigenvalue weighted by molar-refractivity contribution is 5.74. The van der Waals surface area contributed by atoms with Crippen LogP contribution < -0.4 is 10.6 Å². The molecular formula is C15H15N5. The third kappa shape index (κ3) is 1.87. The van der Waals surface area contributed by atoms with E-state index in [1.54, 1.807) is 12.4 Å². The van der Waals surface area contributed by atoms with Crippen molar-refractivity contribution in [3.8, 4) is 0 Å². The third-order valence-electron chi connectivity index (χ3n) is 3.63. The summed E-state index contributed by atoms with van der Waals surface area (Å²) < 4.78 is 1.81. The molecule has 3 heterocycles. The monoisotopic (exact) mass is 265 g/mol. The van der Waals surface area contributed by atoms with Crippen molar-refractivity contribution < 1.29 is 0 Å². The van der Waals surface area contributed by atoms with Gasteiger partial charge in [0.05, 0.1) is 6.20 Å². The lowest BCUT2D eigenvalue weighted by atomic mass is 10.0. The molecule has 0 bridgehead atoms. The minimum Gasteiger partial charge on any atom is -0.385 e. The molecule has 100 valence electrons. The van der Waals surface area contributed by atoms with Gasteiger partial charge in [-0.25, -0.2) is 9.50 Å². The Morgan fingerprint density at radius 2 is 2.20 bits per heavy atom. The van der Waals surface area contributed by atoms with Crippen LogP contribution in [0, 0.1) is 0 Å². The van der Waals surface area contributed by atoms with Gasteiger partial charge in [0.2, 0.25) is 0 Å². The normalized spacial score (nSPS) is 13.8. The number of anilines is 3. The highest BCUT2D eigenvalue weighted by atomic mass is 15.2. The molecule has 2 aromatic heterocycles. The molecule has 0 radical (unpaired) electrons. The van der Waals surface area contributed by atoms with E-state index in [4.69, 9.17) is 0 Å². The van der Waals surface area contributed by atoms with Crippen molar-refractivity contribution in [3.63, 3.8) is 0 Å². The molecule has 20 heavy (non-hydrogen) atoms. The van der Waals surface area contributed by atoms with Gasteiger partial charge in [0, 0.05) is 30.3 Å². The Labute approximate surface area is 116 Å². The smallest absolute Gasteiger partial charge is 0.156 e. The number of benzene rings is 1. The minimum absolute atomic E-state index is 0.828. The molecule has 0 saturated heterocycles. The zero-order valence-electron chi connectivity index (χ0n) is 11.0. The fraction of sp³-hybridized carbons (Fsp3) is 0.200. The van der Waals surface area contributed by atoms with E-state index in [1.165, 1.54) is 17.7 Å². The van der Waals surface area contributed by atoms with Gasteiger partial charge >= 0.3 is 0 Å². The second-order valence-corrected chi connectivity index (χ2v) is 4.96. The van der Waals surface area contributed by atoms with Crippen LogP contribution in [0.2, 0.25) is 0 Å². The highest BCUT2D eigenvalue weighted by Gasteiger charge is 2.10. The largest absolute Gasteiger partial charge is 0.385 e. The summed E-state index contributed by atoms with van der Waals surface area (Å²) >= 11 is 0. The fourth-order valence-corrected chi connectivity index (χ4v) is 2.64. The molecule has 5 heteroatoms. The molecule has 0 unspecified atom stereocenters. The number of aryl methyl sites for hydroxylation is 1. The summed E-state index contributed by atoms with van der Waals surface area (Å²) in [5.74, 6) is 0.828. The van der Waals surface area contributed by atoms with Crippen LogP contribution in [0.25, 0.3) is 5.52 Å². The average Bonchev–Trinajstić information content (AvgIpc) is 2.97. The first-order chi connectivity index (χ1) is 9.90. The Bertz CT molecular complexity index is 762. The number of hydrogen-bond donors (Lipinski definition) is 2. The van der Waals surface area contributed by atoms with Crippen LogP contribution in [0.4, 0.5) is 17.2 Å². The SMILES string of the molecule is c1cn2nccc2c(Nc2ccc3c(c2)CCCN3)n1. The van der Waals surface area contributed by atoms with E-state index < -0.39 is 0 Å². The van der Waals surface area contributed by atoms with Gasteiger partial charge in [-0.15, -0.1) is 0 Å². The topological polar surface area (TPSA) is 54.2 Å². The molecule has 2 N–H and O–H groups in total. The standard InChI is InChI=1S/C15H15N5/c1-2-11-10-12(3-4-13(11)16-6-1)19-15-14-5-7-18-20(14)9-8-17-15/h3-5,7-10,16H,1-2,6H2,(H,17,19). The molecule has 0 spiro atoms. The Morgan fingerprint density at radius 3 is 3.20 bits per heavy atom. The van der Waals surface area contributed by atoms with Gasteiger partial charge in [0.1, 0.15) is 5.52 Å². The number of nitrogens with one attached hydrogen (secondary N) is 2. The molecular weight excluding hydrogens is 250 g/mol. The van der Waals surface area contributed by atoms with Crippen LogP contribution in [0.3, 0.4) is 0 Å². The van der Waals surface area contributed by atoms with Crippen LogP contribution in [0.5, 0.6) is 0 Å². The summed E-state index contributed by atoms with van der Waals surface area (Å²) in [6, 6.07) is 8.37. The fourth-order valence-electron chi connectivity index (χ4n) is 2.64. The van der Waals surface area contributed by atoms with Crippen molar-refractivity contribution in [3.05, 3.63) is 48.4 Å². The first-order valence-electron chi connectivity index (χ1n) is 6.82. The van der Waals surface area contributed by atoms with Gasteiger partial charge in [-0.2, -0.15) is 5.10 Å². The van der Waals surface area contributed by atoms with E-state index in [1.807, 2.05) is 16.8 Å². The Kier molecular flexibility index (Phi) is 2.55. The van der Waals surface area contributed by atoms with E-state index in [0.29, 0.717) is 0 Å². The first-order valence-corrected chi connectivity index (χ1v) is 6.82. The summed E-state index contributed by atoms with van der Waals surface area (Å²) in [7, 11) is 0. The molecule has 0 atom stereocenters. The molecule has 0 aliphatic carbocycles. The molecule has 5 nitrogen and oxygen atoms in total. The molecule has 4 rings (SSSR count). The van der Waals surface area contributed by atoms with Crippen molar-refractivity contribution in [1.82, 2.24) is 14.6 Å². The highest BCUT2D eigenvalue weighted by Crippen LogP contribution is 2.27. The summed E-state index contributed by atoms with van der Waals surface area (Å²) in [5.41, 5.74) is 4.65.